The van der Waals surface area contributed by atoms with Gasteiger partial charge in [-0.3, -0.25) is 0 Å². The maximum atomic E-state index is 6.30. The SMILES string of the molecule is C=Cc1ccc(OCCCCOCc2ccc(-n3c4ccc(cc4)n(-c4ccc(COCCCCOc5ccc(C=C)cc5)cc4)c4ccc5ccc(cc5c4)n(-c4ccc(COCCCCOc5ccc(C=C)cc5)cc4)c4ccc(cc4)n(-c4ccc(COCCCCOc5ccc(C=C)cc5)cc4)c4ccc5ccc3cc5c4)cc2)cc1. The summed E-state index contributed by atoms with van der Waals surface area (Å²) in [5.41, 5.74) is 20.7. The largest absolute Gasteiger partial charge is 0.494 e. The molecule has 0 aliphatic rings. The smallest absolute Gasteiger partial charge is 0.119 e. The van der Waals surface area contributed by atoms with E-state index in [1.54, 1.807) is 0 Å². The molecule has 4 aromatic heterocycles. The first-order chi connectivity index (χ1) is 59.3. The molecule has 18 aromatic rings. The number of unbranched alkanes of at least 4 members (excludes halogenated alkanes) is 4. The van der Waals surface area contributed by atoms with Gasteiger partial charge in [0.15, 0.2) is 0 Å². The molecule has 14 aromatic carbocycles. The summed E-state index contributed by atoms with van der Waals surface area (Å²) in [6.45, 7) is 22.5. The van der Waals surface area contributed by atoms with Gasteiger partial charge in [0.25, 0.3) is 0 Å². The molecule has 0 saturated heterocycles. The van der Waals surface area contributed by atoms with E-state index in [9.17, 15) is 0 Å². The molecule has 0 unspecified atom stereocenters. The molecule has 10 bridgehead atoms. The molecule has 604 valence electrons. The van der Waals surface area contributed by atoms with Crippen LogP contribution in [0.15, 0.2) is 342 Å². The molecule has 0 atom stereocenters. The summed E-state index contributed by atoms with van der Waals surface area (Å²) in [7, 11) is 0. The zero-order valence-electron chi connectivity index (χ0n) is 68.4. The van der Waals surface area contributed by atoms with Crippen LogP contribution in [0.5, 0.6) is 23.0 Å². The van der Waals surface area contributed by atoms with Gasteiger partial charge in [0.1, 0.15) is 23.0 Å². The summed E-state index contributed by atoms with van der Waals surface area (Å²) in [6.07, 6.45) is 14.5. The van der Waals surface area contributed by atoms with E-state index in [2.05, 4.69) is 263 Å². The van der Waals surface area contributed by atoms with Crippen LogP contribution in [0.3, 0.4) is 0 Å². The molecule has 0 aliphatic heterocycles. The zero-order chi connectivity index (χ0) is 81.9. The van der Waals surface area contributed by atoms with Crippen molar-refractivity contribution in [2.75, 3.05) is 52.9 Å². The van der Waals surface area contributed by atoms with E-state index in [1.807, 2.05) is 121 Å². The predicted molar refractivity (Wildman–Crippen MR) is 497 cm³/mol. The highest BCUT2D eigenvalue weighted by Gasteiger charge is 2.13. The quantitative estimate of drug-likeness (QED) is 0.0351. The number of nitrogens with zero attached hydrogens (tertiary/aromatic N) is 4. The predicted octanol–water partition coefficient (Wildman–Crippen LogP) is 26.7. The lowest BCUT2D eigenvalue weighted by Gasteiger charge is -2.16. The molecule has 0 N–H and O–H groups in total. The Morgan fingerprint density at radius 3 is 0.583 bits per heavy atom. The van der Waals surface area contributed by atoms with Crippen LogP contribution in [0.4, 0.5) is 0 Å². The normalized spacial score (nSPS) is 11.3. The monoisotopic (exact) mass is 1580 g/mol. The summed E-state index contributed by atoms with van der Waals surface area (Å²) in [5.74, 6) is 3.44. The van der Waals surface area contributed by atoms with E-state index < -0.39 is 0 Å². The van der Waals surface area contributed by atoms with Gasteiger partial charge in [0.2, 0.25) is 0 Å². The van der Waals surface area contributed by atoms with Crippen LogP contribution in [0.2, 0.25) is 0 Å². The molecule has 0 spiro atoms. The number of ether oxygens (including phenoxy) is 8. The van der Waals surface area contributed by atoms with E-state index in [4.69, 9.17) is 37.9 Å². The molecule has 4 heterocycles. The fourth-order valence-electron chi connectivity index (χ4n) is 14.8. The number of benzene rings is 14. The van der Waals surface area contributed by atoms with Gasteiger partial charge in [-0.15, -0.1) is 0 Å². The van der Waals surface area contributed by atoms with Crippen LogP contribution in [0, 0.1) is 0 Å². The summed E-state index contributed by atoms with van der Waals surface area (Å²) in [6, 6.07) is 112. The van der Waals surface area contributed by atoms with E-state index >= 15 is 0 Å². The van der Waals surface area contributed by atoms with Gasteiger partial charge < -0.3 is 56.2 Å². The Balaban J connectivity index is 0.783. The number of aromatic nitrogens is 4. The highest BCUT2D eigenvalue weighted by Crippen LogP contribution is 2.31. The average Bonchev–Trinajstić information content (AvgIpc) is 0.768. The Bertz CT molecular complexity index is 5310. The molecule has 0 amide bonds. The Hall–Kier alpha value is -13.2. The molecule has 12 nitrogen and oxygen atoms in total. The lowest BCUT2D eigenvalue weighted by atomic mass is 10.1. The molecule has 0 fully saturated rings. The van der Waals surface area contributed by atoms with Crippen molar-refractivity contribution in [1.82, 2.24) is 18.3 Å². The second-order valence-electron chi connectivity index (χ2n) is 30.0. The van der Waals surface area contributed by atoms with Crippen molar-refractivity contribution in [1.29, 1.82) is 0 Å². The Morgan fingerprint density at radius 2 is 0.383 bits per heavy atom. The zero-order valence-corrected chi connectivity index (χ0v) is 68.4. The third-order valence-electron chi connectivity index (χ3n) is 21.5. The van der Waals surface area contributed by atoms with E-state index in [-0.39, 0.29) is 0 Å². The molecule has 0 radical (unpaired) electrons. The van der Waals surface area contributed by atoms with Crippen molar-refractivity contribution in [3.05, 3.63) is 386 Å². The van der Waals surface area contributed by atoms with Crippen LogP contribution in [0.1, 0.15) is 95.9 Å². The first-order valence-electron chi connectivity index (χ1n) is 41.8. The summed E-state index contributed by atoms with van der Waals surface area (Å²) >= 11 is 0. The fourth-order valence-corrected chi connectivity index (χ4v) is 14.8. The van der Waals surface area contributed by atoms with Gasteiger partial charge in [-0.1, -0.05) is 172 Å². The summed E-state index contributed by atoms with van der Waals surface area (Å²) in [5, 5.41) is 4.40. The summed E-state index contributed by atoms with van der Waals surface area (Å²) < 4.78 is 58.7. The Kier molecular flexibility index (Phi) is 28.5. The number of hydrogen-bond donors (Lipinski definition) is 0. The van der Waals surface area contributed by atoms with E-state index in [1.165, 1.54) is 0 Å². The molecule has 18 rings (SSSR count). The average molecular weight is 1590 g/mol. The van der Waals surface area contributed by atoms with Gasteiger partial charge >= 0.3 is 0 Å². The van der Waals surface area contributed by atoms with Crippen molar-refractivity contribution in [2.24, 2.45) is 0 Å². The Morgan fingerprint density at radius 1 is 0.192 bits per heavy atom. The van der Waals surface area contributed by atoms with Crippen molar-refractivity contribution < 1.29 is 37.9 Å². The Labute approximate surface area is 704 Å². The third kappa shape index (κ3) is 22.0. The second-order valence-corrected chi connectivity index (χ2v) is 30.0. The fraction of sp³-hybridized carbons (Fsp3) is 0.185. The molecule has 12 heteroatoms. The standard InChI is InChI=1S/C108H104N4O8/c1-5-81-25-57-105(58-26-81)117-69-13-9-65-113-77-85-17-37-93(38-18-85)109-97-49-51-98(52-50-97)110(94-39-19-86(20-40-94)78-114-66-10-14-70-118-106-59-27-82(6-2)28-60-106)103-47-35-90-36-48-104(76-92(90)75-103)112(96-43-23-88(24-44-96)80-116-68-12-16-72-120-108-63-31-84(8-4)32-64-108)100-55-53-99(54-56-100)111(102-46-34-89-33-45-101(109)73-91(89)74-102)95-41-21-87(22-42-95)79-115-67-11-15-71-119-107-61-29-83(7-3)30-62-107/h5-8,17-64,73-76H,1-4,9-16,65-72,77-80H2. The first kappa shape index (κ1) is 81.9. The molecule has 0 saturated carbocycles. The topological polar surface area (TPSA) is 93.6 Å². The highest BCUT2D eigenvalue weighted by molar-refractivity contribution is 5.93. The lowest BCUT2D eigenvalue weighted by molar-refractivity contribution is 0.113. The minimum Gasteiger partial charge on any atom is -0.494 e. The minimum atomic E-state index is 0.496. The minimum absolute atomic E-state index is 0.496. The van der Waals surface area contributed by atoms with E-state index in [0.717, 1.165) is 207 Å². The number of hydrogen-bond acceptors (Lipinski definition) is 8. The van der Waals surface area contributed by atoms with Crippen LogP contribution in [-0.4, -0.2) is 71.1 Å². The molecule has 120 heavy (non-hydrogen) atoms. The van der Waals surface area contributed by atoms with Crippen molar-refractivity contribution >= 4 is 90.0 Å². The second kappa shape index (κ2) is 41.8. The van der Waals surface area contributed by atoms with E-state index in [0.29, 0.717) is 79.3 Å². The molecular formula is C108H104N4O8. The van der Waals surface area contributed by atoms with Gasteiger partial charge in [-0.25, -0.2) is 0 Å². The van der Waals surface area contributed by atoms with Gasteiger partial charge in [-0.2, -0.15) is 0 Å². The van der Waals surface area contributed by atoms with Crippen LogP contribution < -0.4 is 18.9 Å². The maximum Gasteiger partial charge on any atom is 0.119 e. The van der Waals surface area contributed by atoms with Crippen molar-refractivity contribution in [2.45, 2.75) is 77.8 Å². The highest BCUT2D eigenvalue weighted by atomic mass is 16.5. The van der Waals surface area contributed by atoms with Gasteiger partial charge in [0, 0.05) is 93.3 Å². The van der Waals surface area contributed by atoms with Crippen LogP contribution in [-0.2, 0) is 45.4 Å². The molecular weight excluding hydrogens is 1480 g/mol. The van der Waals surface area contributed by atoms with Crippen molar-refractivity contribution in [3.8, 4) is 45.7 Å². The maximum absolute atomic E-state index is 6.30. The first-order valence-corrected chi connectivity index (χ1v) is 41.8. The van der Waals surface area contributed by atoms with Crippen LogP contribution in [0.25, 0.3) is 113 Å². The van der Waals surface area contributed by atoms with Crippen LogP contribution >= 0.6 is 0 Å². The van der Waals surface area contributed by atoms with Gasteiger partial charge in [0.05, 0.1) is 52.9 Å². The molecule has 0 aliphatic carbocycles. The third-order valence-corrected chi connectivity index (χ3v) is 21.5. The summed E-state index contributed by atoms with van der Waals surface area (Å²) in [4.78, 5) is 0. The lowest BCUT2D eigenvalue weighted by Crippen LogP contribution is -2.02. The number of rotatable bonds is 40. The van der Waals surface area contributed by atoms with Crippen molar-refractivity contribution in [3.63, 3.8) is 0 Å². The van der Waals surface area contributed by atoms with Gasteiger partial charge in [-0.05, 0) is 312 Å².